The average molecular weight is 208 g/mol. The molecule has 4 nitrogen and oxygen atoms in total. The minimum absolute atomic E-state index is 0.108. The van der Waals surface area contributed by atoms with Crippen molar-refractivity contribution in [3.05, 3.63) is 23.8 Å². The summed E-state index contributed by atoms with van der Waals surface area (Å²) in [5, 5.41) is 16.4. The van der Waals surface area contributed by atoms with Gasteiger partial charge in [-0.1, -0.05) is 0 Å². The maximum absolute atomic E-state index is 12.3. The van der Waals surface area contributed by atoms with Gasteiger partial charge in [0.2, 0.25) is 0 Å². The smallest absolute Gasteiger partial charge is 0.399 e. The number of benzene rings is 1. The predicted octanol–water partition coefficient (Wildman–Crippen LogP) is 1.87. The Morgan fingerprint density at radius 1 is 1.21 bits per heavy atom. The molecule has 0 fully saturated rings. The first-order chi connectivity index (χ1) is 6.32. The standard InChI is InChI=1S/C7H7F3N2O2/c8-7(9,10)5-3-4(11)1-2-6(5)12(13)14/h1-3,13-14H,11H2. The molecule has 4 N–H and O–H groups in total. The van der Waals surface area contributed by atoms with Gasteiger partial charge in [0.15, 0.2) is 0 Å². The molecule has 1 aromatic rings. The van der Waals surface area contributed by atoms with Gasteiger partial charge in [0, 0.05) is 5.69 Å². The summed E-state index contributed by atoms with van der Waals surface area (Å²) in [7, 11) is 0. The second kappa shape index (κ2) is 3.35. The number of halogens is 3. The average Bonchev–Trinajstić information content (AvgIpc) is 2.01. The fourth-order valence-corrected chi connectivity index (χ4v) is 0.955. The van der Waals surface area contributed by atoms with Crippen molar-refractivity contribution in [2.45, 2.75) is 6.18 Å². The van der Waals surface area contributed by atoms with Gasteiger partial charge in [-0.3, -0.25) is 10.4 Å². The van der Waals surface area contributed by atoms with E-state index in [9.17, 15) is 13.2 Å². The summed E-state index contributed by atoms with van der Waals surface area (Å²) in [6, 6.07) is 2.61. The van der Waals surface area contributed by atoms with Crippen molar-refractivity contribution >= 4 is 11.4 Å². The number of nitrogens with zero attached hydrogens (tertiary/aromatic N) is 1. The molecule has 0 aliphatic carbocycles. The fraction of sp³-hybridized carbons (Fsp3) is 0.143. The molecule has 1 rings (SSSR count). The van der Waals surface area contributed by atoms with Gasteiger partial charge in [-0.05, 0) is 18.2 Å². The van der Waals surface area contributed by atoms with Crippen molar-refractivity contribution in [3.8, 4) is 0 Å². The first-order valence-corrected chi connectivity index (χ1v) is 3.47. The van der Waals surface area contributed by atoms with Crippen LogP contribution in [0.25, 0.3) is 0 Å². The van der Waals surface area contributed by atoms with E-state index in [1.807, 2.05) is 0 Å². The van der Waals surface area contributed by atoms with Crippen LogP contribution in [0.1, 0.15) is 5.56 Å². The molecule has 0 atom stereocenters. The topological polar surface area (TPSA) is 69.7 Å². The SMILES string of the molecule is Nc1ccc(N(O)O)c(C(F)(F)F)c1. The van der Waals surface area contributed by atoms with Crippen LogP contribution >= 0.6 is 0 Å². The van der Waals surface area contributed by atoms with Gasteiger partial charge in [-0.2, -0.15) is 13.2 Å². The lowest BCUT2D eigenvalue weighted by atomic mass is 10.1. The van der Waals surface area contributed by atoms with Gasteiger partial charge in [-0.25, -0.2) is 0 Å². The van der Waals surface area contributed by atoms with Gasteiger partial charge >= 0.3 is 6.18 Å². The van der Waals surface area contributed by atoms with E-state index >= 15 is 0 Å². The minimum Gasteiger partial charge on any atom is -0.399 e. The first kappa shape index (κ1) is 10.6. The van der Waals surface area contributed by atoms with E-state index in [4.69, 9.17) is 16.1 Å². The number of hydrogen-bond acceptors (Lipinski definition) is 4. The summed E-state index contributed by atoms with van der Waals surface area (Å²) in [6.45, 7) is 0. The van der Waals surface area contributed by atoms with Crippen LogP contribution in [-0.2, 0) is 6.18 Å². The number of nitrogens with two attached hydrogens (primary N) is 1. The summed E-state index contributed by atoms with van der Waals surface area (Å²) >= 11 is 0. The highest BCUT2D eigenvalue weighted by Crippen LogP contribution is 2.36. The molecule has 0 spiro atoms. The Hall–Kier alpha value is -1.47. The monoisotopic (exact) mass is 208 g/mol. The summed E-state index contributed by atoms with van der Waals surface area (Å²) in [5.74, 6) is 0. The molecule has 0 saturated heterocycles. The molecule has 0 aromatic heterocycles. The second-order valence-corrected chi connectivity index (χ2v) is 2.56. The number of hydrogen-bond donors (Lipinski definition) is 3. The van der Waals surface area contributed by atoms with Gasteiger partial charge in [0.05, 0.1) is 5.56 Å². The Kier molecular flexibility index (Phi) is 2.54. The van der Waals surface area contributed by atoms with Gasteiger partial charge < -0.3 is 5.73 Å². The summed E-state index contributed by atoms with van der Waals surface area (Å²) in [5.41, 5.74) is 3.06. The molecule has 1 aromatic carbocycles. The van der Waals surface area contributed by atoms with E-state index in [0.29, 0.717) is 6.07 Å². The van der Waals surface area contributed by atoms with Crippen LogP contribution < -0.4 is 11.0 Å². The normalized spacial score (nSPS) is 11.5. The van der Waals surface area contributed by atoms with Crippen LogP contribution in [0, 0.1) is 0 Å². The van der Waals surface area contributed by atoms with E-state index in [-0.39, 0.29) is 5.69 Å². The first-order valence-electron chi connectivity index (χ1n) is 3.47. The number of rotatable bonds is 1. The zero-order valence-corrected chi connectivity index (χ0v) is 6.78. The van der Waals surface area contributed by atoms with Crippen molar-refractivity contribution in [2.75, 3.05) is 11.0 Å². The predicted molar refractivity (Wildman–Crippen MR) is 41.9 cm³/mol. The van der Waals surface area contributed by atoms with Gasteiger partial charge in [-0.15, -0.1) is 5.23 Å². The zero-order valence-electron chi connectivity index (χ0n) is 6.78. The third-order valence-electron chi connectivity index (χ3n) is 1.54. The lowest BCUT2D eigenvalue weighted by Crippen LogP contribution is -2.18. The maximum Gasteiger partial charge on any atom is 0.418 e. The fourth-order valence-electron chi connectivity index (χ4n) is 0.955. The molecule has 0 saturated carbocycles. The Bertz CT molecular complexity index is 338. The van der Waals surface area contributed by atoms with Crippen LogP contribution in [0.2, 0.25) is 0 Å². The number of nitrogen functional groups attached to an aromatic ring is 1. The third-order valence-corrected chi connectivity index (χ3v) is 1.54. The molecule has 0 amide bonds. The highest BCUT2D eigenvalue weighted by Gasteiger charge is 2.35. The summed E-state index contributed by atoms with van der Waals surface area (Å²) in [6.07, 6.45) is -4.69. The van der Waals surface area contributed by atoms with Crippen molar-refractivity contribution in [2.24, 2.45) is 0 Å². The highest BCUT2D eigenvalue weighted by atomic mass is 19.4. The molecule has 0 radical (unpaired) electrons. The minimum atomic E-state index is -4.69. The number of anilines is 2. The zero-order chi connectivity index (χ0) is 10.9. The van der Waals surface area contributed by atoms with Crippen molar-refractivity contribution in [1.29, 1.82) is 0 Å². The number of alkyl halides is 3. The van der Waals surface area contributed by atoms with Crippen LogP contribution in [0.4, 0.5) is 24.5 Å². The van der Waals surface area contributed by atoms with Crippen LogP contribution in [-0.4, -0.2) is 10.4 Å². The Balaban J connectivity index is 3.30. The Morgan fingerprint density at radius 2 is 1.79 bits per heavy atom. The van der Waals surface area contributed by atoms with E-state index in [1.54, 1.807) is 0 Å². The lowest BCUT2D eigenvalue weighted by Gasteiger charge is -2.15. The van der Waals surface area contributed by atoms with E-state index in [0.717, 1.165) is 12.1 Å². The quantitative estimate of drug-likeness (QED) is 0.486. The molecule has 0 aliphatic rings. The van der Waals surface area contributed by atoms with Crippen molar-refractivity contribution in [1.82, 2.24) is 0 Å². The molecule has 78 valence electrons. The Morgan fingerprint density at radius 3 is 2.21 bits per heavy atom. The van der Waals surface area contributed by atoms with E-state index < -0.39 is 22.7 Å². The largest absolute Gasteiger partial charge is 0.418 e. The molecule has 0 aliphatic heterocycles. The molecular weight excluding hydrogens is 201 g/mol. The Labute approximate surface area is 76.9 Å². The van der Waals surface area contributed by atoms with Crippen LogP contribution in [0.5, 0.6) is 0 Å². The second-order valence-electron chi connectivity index (χ2n) is 2.56. The van der Waals surface area contributed by atoms with E-state index in [2.05, 4.69) is 0 Å². The lowest BCUT2D eigenvalue weighted by molar-refractivity contribution is -0.138. The molecule has 0 bridgehead atoms. The van der Waals surface area contributed by atoms with E-state index in [1.165, 1.54) is 0 Å². The van der Waals surface area contributed by atoms with Crippen LogP contribution in [0.15, 0.2) is 18.2 Å². The molecule has 0 unspecified atom stereocenters. The van der Waals surface area contributed by atoms with Crippen LogP contribution in [0.3, 0.4) is 0 Å². The van der Waals surface area contributed by atoms with Gasteiger partial charge in [0.25, 0.3) is 0 Å². The summed E-state index contributed by atoms with van der Waals surface area (Å²) < 4.78 is 36.9. The molecule has 0 heterocycles. The third kappa shape index (κ3) is 2.06. The van der Waals surface area contributed by atoms with Gasteiger partial charge in [0.1, 0.15) is 5.69 Å². The molecule has 14 heavy (non-hydrogen) atoms. The van der Waals surface area contributed by atoms with Crippen molar-refractivity contribution in [3.63, 3.8) is 0 Å². The summed E-state index contributed by atoms with van der Waals surface area (Å²) in [4.78, 5) is 0. The van der Waals surface area contributed by atoms with Crippen molar-refractivity contribution < 1.29 is 23.6 Å². The maximum atomic E-state index is 12.3. The highest BCUT2D eigenvalue weighted by molar-refractivity contribution is 5.58. The molecule has 7 heteroatoms. The molecular formula is C7H7F3N2O2.